The predicted molar refractivity (Wildman–Crippen MR) is 75.6 cm³/mol. The van der Waals surface area contributed by atoms with Crippen LogP contribution in [0, 0.1) is 12.8 Å². The first-order valence-electron chi connectivity index (χ1n) is 5.85. The molecule has 0 bridgehead atoms. The number of nitrogens with zero attached hydrogens (tertiary/aromatic N) is 1. The zero-order chi connectivity index (χ0) is 12.3. The molecule has 1 N–H and O–H groups in total. The highest BCUT2D eigenvalue weighted by Crippen LogP contribution is 2.26. The minimum Gasteiger partial charge on any atom is -0.303 e. The minimum atomic E-state index is 0.430. The molecule has 0 aliphatic rings. The molecule has 1 atom stereocenters. The summed E-state index contributed by atoms with van der Waals surface area (Å²) in [7, 11) is 0. The zero-order valence-electron chi connectivity index (χ0n) is 10.4. The number of aryl methyl sites for hydroxylation is 1. The standard InChI is InChI=1S/C13H18N2S2/c1-9(2)13(11-5-4-6-16-11)15-8-12-14-7-10(3)17-12/h4-7,9,13,15H,8H2,1-3H3. The molecule has 2 rings (SSSR count). The third-order valence-corrected chi connectivity index (χ3v) is 4.53. The Kier molecular flexibility index (Phi) is 4.31. The van der Waals surface area contributed by atoms with Crippen LogP contribution in [0.4, 0.5) is 0 Å². The monoisotopic (exact) mass is 266 g/mol. The molecule has 0 saturated heterocycles. The van der Waals surface area contributed by atoms with Gasteiger partial charge in [-0.1, -0.05) is 19.9 Å². The van der Waals surface area contributed by atoms with Crippen molar-refractivity contribution >= 4 is 22.7 Å². The number of nitrogens with one attached hydrogen (secondary N) is 1. The SMILES string of the molecule is Cc1cnc(CNC(c2cccs2)C(C)C)s1. The summed E-state index contributed by atoms with van der Waals surface area (Å²) in [4.78, 5) is 7.08. The molecule has 0 aliphatic carbocycles. The molecule has 0 aromatic carbocycles. The number of rotatable bonds is 5. The zero-order valence-corrected chi connectivity index (χ0v) is 12.1. The molecule has 0 fully saturated rings. The van der Waals surface area contributed by atoms with Gasteiger partial charge >= 0.3 is 0 Å². The van der Waals surface area contributed by atoms with Crippen LogP contribution in [0.15, 0.2) is 23.7 Å². The van der Waals surface area contributed by atoms with Gasteiger partial charge in [-0.15, -0.1) is 22.7 Å². The Balaban J connectivity index is 1.99. The highest BCUT2D eigenvalue weighted by atomic mass is 32.1. The lowest BCUT2D eigenvalue weighted by Gasteiger charge is -2.20. The van der Waals surface area contributed by atoms with Crippen molar-refractivity contribution in [3.8, 4) is 0 Å². The van der Waals surface area contributed by atoms with Gasteiger partial charge in [-0.25, -0.2) is 4.98 Å². The molecule has 2 nitrogen and oxygen atoms in total. The van der Waals surface area contributed by atoms with Gasteiger partial charge in [-0.3, -0.25) is 0 Å². The Bertz CT molecular complexity index is 446. The molecular formula is C13H18N2S2. The molecule has 0 spiro atoms. The van der Waals surface area contributed by atoms with E-state index < -0.39 is 0 Å². The van der Waals surface area contributed by atoms with Gasteiger partial charge in [-0.05, 0) is 24.3 Å². The second-order valence-corrected chi connectivity index (χ2v) is 6.78. The van der Waals surface area contributed by atoms with Gasteiger partial charge in [-0.2, -0.15) is 0 Å². The lowest BCUT2D eigenvalue weighted by Crippen LogP contribution is -2.24. The van der Waals surface area contributed by atoms with Crippen molar-refractivity contribution in [1.82, 2.24) is 10.3 Å². The minimum absolute atomic E-state index is 0.430. The number of thiophene rings is 1. The van der Waals surface area contributed by atoms with Crippen LogP contribution in [0.3, 0.4) is 0 Å². The molecule has 2 aromatic rings. The second kappa shape index (κ2) is 5.76. The first kappa shape index (κ1) is 12.7. The maximum absolute atomic E-state index is 4.39. The Morgan fingerprint density at radius 1 is 1.41 bits per heavy atom. The topological polar surface area (TPSA) is 24.9 Å². The van der Waals surface area contributed by atoms with Gasteiger partial charge in [0.1, 0.15) is 5.01 Å². The van der Waals surface area contributed by atoms with Gasteiger partial charge in [0.15, 0.2) is 0 Å². The van der Waals surface area contributed by atoms with Crippen LogP contribution in [-0.2, 0) is 6.54 Å². The van der Waals surface area contributed by atoms with Gasteiger partial charge in [0, 0.05) is 28.5 Å². The fourth-order valence-corrected chi connectivity index (χ4v) is 3.52. The molecular weight excluding hydrogens is 248 g/mol. The second-order valence-electron chi connectivity index (χ2n) is 4.48. The van der Waals surface area contributed by atoms with E-state index in [9.17, 15) is 0 Å². The highest BCUT2D eigenvalue weighted by molar-refractivity contribution is 7.11. The largest absolute Gasteiger partial charge is 0.303 e. The van der Waals surface area contributed by atoms with E-state index in [1.807, 2.05) is 17.5 Å². The molecule has 92 valence electrons. The Labute approximate surface area is 111 Å². The molecule has 0 amide bonds. The van der Waals surface area contributed by atoms with Crippen LogP contribution in [0.2, 0.25) is 0 Å². The number of thiazole rings is 1. The summed E-state index contributed by atoms with van der Waals surface area (Å²) in [5.41, 5.74) is 0. The van der Waals surface area contributed by atoms with E-state index in [4.69, 9.17) is 0 Å². The summed E-state index contributed by atoms with van der Waals surface area (Å²) in [5.74, 6) is 0.592. The van der Waals surface area contributed by atoms with Crippen molar-refractivity contribution in [2.75, 3.05) is 0 Å². The summed E-state index contributed by atoms with van der Waals surface area (Å²) < 4.78 is 0. The van der Waals surface area contributed by atoms with Crippen LogP contribution >= 0.6 is 22.7 Å². The smallest absolute Gasteiger partial charge is 0.107 e. The van der Waals surface area contributed by atoms with Crippen molar-refractivity contribution in [1.29, 1.82) is 0 Å². The van der Waals surface area contributed by atoms with E-state index in [0.717, 1.165) is 6.54 Å². The van der Waals surface area contributed by atoms with Crippen molar-refractivity contribution in [3.63, 3.8) is 0 Å². The van der Waals surface area contributed by atoms with Crippen molar-refractivity contribution < 1.29 is 0 Å². The summed E-state index contributed by atoms with van der Waals surface area (Å²) in [5, 5.41) is 6.92. The third kappa shape index (κ3) is 3.37. The Morgan fingerprint density at radius 3 is 2.76 bits per heavy atom. The lowest BCUT2D eigenvalue weighted by atomic mass is 10.0. The molecule has 0 saturated carbocycles. The summed E-state index contributed by atoms with van der Waals surface area (Å²) in [6, 6.07) is 4.75. The van der Waals surface area contributed by atoms with Crippen LogP contribution in [0.5, 0.6) is 0 Å². The van der Waals surface area contributed by atoms with Gasteiger partial charge in [0.25, 0.3) is 0 Å². The first-order chi connectivity index (χ1) is 8.16. The maximum Gasteiger partial charge on any atom is 0.107 e. The Morgan fingerprint density at radius 2 is 2.24 bits per heavy atom. The highest BCUT2D eigenvalue weighted by Gasteiger charge is 2.16. The molecule has 17 heavy (non-hydrogen) atoms. The Hall–Kier alpha value is -0.710. The summed E-state index contributed by atoms with van der Waals surface area (Å²) in [6.07, 6.45) is 1.94. The normalized spacial score (nSPS) is 13.2. The van der Waals surface area contributed by atoms with Crippen LogP contribution in [0.1, 0.15) is 34.7 Å². The summed E-state index contributed by atoms with van der Waals surface area (Å²) >= 11 is 3.59. The van der Waals surface area contributed by atoms with Crippen LogP contribution in [-0.4, -0.2) is 4.98 Å². The van der Waals surface area contributed by atoms with Crippen molar-refractivity contribution in [2.24, 2.45) is 5.92 Å². The fraction of sp³-hybridized carbons (Fsp3) is 0.462. The van der Waals surface area contributed by atoms with E-state index in [0.29, 0.717) is 12.0 Å². The fourth-order valence-electron chi connectivity index (χ4n) is 1.81. The van der Waals surface area contributed by atoms with Gasteiger partial charge < -0.3 is 5.32 Å². The van der Waals surface area contributed by atoms with Gasteiger partial charge in [0.05, 0.1) is 0 Å². The molecule has 4 heteroatoms. The average Bonchev–Trinajstić information content (AvgIpc) is 2.90. The van der Waals surface area contributed by atoms with E-state index >= 15 is 0 Å². The van der Waals surface area contributed by atoms with Crippen molar-refractivity contribution in [2.45, 2.75) is 33.4 Å². The van der Waals surface area contributed by atoms with E-state index in [2.05, 4.69) is 48.6 Å². The van der Waals surface area contributed by atoms with E-state index in [1.54, 1.807) is 11.3 Å². The van der Waals surface area contributed by atoms with Crippen LogP contribution in [0.25, 0.3) is 0 Å². The predicted octanol–water partition coefficient (Wildman–Crippen LogP) is 4.00. The average molecular weight is 266 g/mol. The van der Waals surface area contributed by atoms with E-state index in [1.165, 1.54) is 14.8 Å². The molecule has 0 aliphatic heterocycles. The number of hydrogen-bond donors (Lipinski definition) is 1. The number of aromatic nitrogens is 1. The van der Waals surface area contributed by atoms with Crippen molar-refractivity contribution in [3.05, 3.63) is 38.5 Å². The first-order valence-corrected chi connectivity index (χ1v) is 7.54. The molecule has 1 unspecified atom stereocenters. The maximum atomic E-state index is 4.39. The molecule has 2 heterocycles. The van der Waals surface area contributed by atoms with Gasteiger partial charge in [0.2, 0.25) is 0 Å². The number of hydrogen-bond acceptors (Lipinski definition) is 4. The quantitative estimate of drug-likeness (QED) is 0.885. The lowest BCUT2D eigenvalue weighted by molar-refractivity contribution is 0.416. The van der Waals surface area contributed by atoms with E-state index in [-0.39, 0.29) is 0 Å². The molecule has 2 aromatic heterocycles. The molecule has 0 radical (unpaired) electrons. The third-order valence-electron chi connectivity index (χ3n) is 2.66. The summed E-state index contributed by atoms with van der Waals surface area (Å²) in [6.45, 7) is 7.47. The van der Waals surface area contributed by atoms with Crippen LogP contribution < -0.4 is 5.32 Å².